The molecule has 3 rings (SSSR count). The van der Waals surface area contributed by atoms with Gasteiger partial charge in [0.1, 0.15) is 6.33 Å². The first-order valence-electron chi connectivity index (χ1n) is 4.25. The van der Waals surface area contributed by atoms with E-state index in [9.17, 15) is 14.9 Å². The lowest BCUT2D eigenvalue weighted by molar-refractivity contribution is -0.381. The quantitative estimate of drug-likeness (QED) is 0.434. The van der Waals surface area contributed by atoms with Crippen molar-refractivity contribution in [1.29, 1.82) is 0 Å². The second-order valence-corrected chi connectivity index (χ2v) is 3.16. The van der Waals surface area contributed by atoms with Gasteiger partial charge in [-0.1, -0.05) is 0 Å². The Hall–Kier alpha value is -2.71. The normalized spacial score (nSPS) is 11.2. The van der Waals surface area contributed by atoms with Crippen LogP contribution in [0.4, 0.5) is 5.69 Å². The standard InChI is InChI=1S/C7H4N6O3/c14-7-3-1-12-2-8-10-6(12)5(13(15)16)4(3)9-11-7/h1-2,9H,(H,11,14). The maximum Gasteiger partial charge on any atom is 0.339 e. The molecule has 0 radical (unpaired) electrons. The number of fused-ring (bicyclic) bond motifs is 2. The van der Waals surface area contributed by atoms with Crippen LogP contribution in [0.1, 0.15) is 0 Å². The topological polar surface area (TPSA) is 122 Å². The number of H-pyrrole nitrogens is 2. The van der Waals surface area contributed by atoms with E-state index >= 15 is 0 Å². The van der Waals surface area contributed by atoms with Gasteiger partial charge in [-0.25, -0.2) is 0 Å². The van der Waals surface area contributed by atoms with Gasteiger partial charge < -0.3 is 0 Å². The van der Waals surface area contributed by atoms with Crippen LogP contribution in [0.5, 0.6) is 0 Å². The number of hydrogen-bond acceptors (Lipinski definition) is 5. The highest BCUT2D eigenvalue weighted by Crippen LogP contribution is 2.25. The Bertz CT molecular complexity index is 765. The Kier molecular flexibility index (Phi) is 1.42. The molecule has 3 aromatic heterocycles. The third-order valence-corrected chi connectivity index (χ3v) is 2.29. The predicted molar refractivity (Wildman–Crippen MR) is 52.1 cm³/mol. The molecule has 0 aliphatic heterocycles. The molecule has 0 amide bonds. The smallest absolute Gasteiger partial charge is 0.291 e. The summed E-state index contributed by atoms with van der Waals surface area (Å²) in [6.45, 7) is 0. The summed E-state index contributed by atoms with van der Waals surface area (Å²) in [5.41, 5.74) is -0.481. The van der Waals surface area contributed by atoms with E-state index in [2.05, 4.69) is 20.4 Å². The Morgan fingerprint density at radius 2 is 2.25 bits per heavy atom. The summed E-state index contributed by atoms with van der Waals surface area (Å²) in [6, 6.07) is 0. The molecule has 9 nitrogen and oxygen atoms in total. The molecule has 16 heavy (non-hydrogen) atoms. The molecule has 0 aliphatic rings. The molecule has 0 saturated carbocycles. The lowest BCUT2D eigenvalue weighted by Crippen LogP contribution is -2.00. The van der Waals surface area contributed by atoms with Crippen molar-refractivity contribution >= 4 is 22.2 Å². The first-order chi connectivity index (χ1) is 7.68. The van der Waals surface area contributed by atoms with Crippen molar-refractivity contribution < 1.29 is 4.92 Å². The number of hydrogen-bond donors (Lipinski definition) is 2. The number of nitrogens with zero attached hydrogens (tertiary/aromatic N) is 4. The van der Waals surface area contributed by atoms with Crippen molar-refractivity contribution in [2.75, 3.05) is 0 Å². The van der Waals surface area contributed by atoms with Gasteiger partial charge in [0.05, 0.1) is 10.3 Å². The fourth-order valence-electron chi connectivity index (χ4n) is 1.61. The molecule has 0 bridgehead atoms. The number of pyridine rings is 1. The van der Waals surface area contributed by atoms with Gasteiger partial charge >= 0.3 is 5.69 Å². The zero-order chi connectivity index (χ0) is 11.3. The van der Waals surface area contributed by atoms with E-state index in [1.54, 1.807) is 0 Å². The van der Waals surface area contributed by atoms with Crippen molar-refractivity contribution in [1.82, 2.24) is 24.8 Å². The Morgan fingerprint density at radius 3 is 3.00 bits per heavy atom. The summed E-state index contributed by atoms with van der Waals surface area (Å²) in [5, 5.41) is 23.1. The molecular formula is C7H4N6O3. The van der Waals surface area contributed by atoms with E-state index in [-0.39, 0.29) is 22.2 Å². The molecule has 3 heterocycles. The molecule has 0 aromatic carbocycles. The van der Waals surface area contributed by atoms with Crippen LogP contribution in [0.3, 0.4) is 0 Å². The predicted octanol–water partition coefficient (Wildman–Crippen LogP) is -0.193. The van der Waals surface area contributed by atoms with Gasteiger partial charge in [0.15, 0.2) is 5.52 Å². The van der Waals surface area contributed by atoms with Crippen molar-refractivity contribution in [2.24, 2.45) is 0 Å². The van der Waals surface area contributed by atoms with E-state index in [1.165, 1.54) is 16.9 Å². The molecule has 0 spiro atoms. The number of nitrogens with one attached hydrogen (secondary N) is 2. The molecule has 0 aliphatic carbocycles. The van der Waals surface area contributed by atoms with Crippen molar-refractivity contribution in [2.45, 2.75) is 0 Å². The average molecular weight is 220 g/mol. The lowest BCUT2D eigenvalue weighted by atomic mass is 10.3. The summed E-state index contributed by atoms with van der Waals surface area (Å²) < 4.78 is 1.34. The van der Waals surface area contributed by atoms with E-state index in [0.29, 0.717) is 0 Å². The minimum atomic E-state index is -0.601. The highest BCUT2D eigenvalue weighted by molar-refractivity contribution is 5.92. The summed E-state index contributed by atoms with van der Waals surface area (Å²) in [6.07, 6.45) is 2.74. The van der Waals surface area contributed by atoms with Crippen molar-refractivity contribution in [3.8, 4) is 0 Å². The number of aromatic amines is 2. The van der Waals surface area contributed by atoms with Crippen LogP contribution in [0.2, 0.25) is 0 Å². The van der Waals surface area contributed by atoms with Gasteiger partial charge in [0.25, 0.3) is 5.56 Å². The Morgan fingerprint density at radius 1 is 1.44 bits per heavy atom. The number of aromatic nitrogens is 5. The maximum atomic E-state index is 11.4. The van der Waals surface area contributed by atoms with Gasteiger partial charge in [0.2, 0.25) is 5.65 Å². The number of nitro groups is 1. The minimum absolute atomic E-state index is 0.0905. The zero-order valence-corrected chi connectivity index (χ0v) is 7.67. The Balaban J connectivity index is 2.67. The fraction of sp³-hybridized carbons (Fsp3) is 0. The van der Waals surface area contributed by atoms with Gasteiger partial charge in [0, 0.05) is 6.20 Å². The molecule has 0 unspecified atom stereocenters. The second kappa shape index (κ2) is 2.66. The average Bonchev–Trinajstić information content (AvgIpc) is 2.82. The molecule has 80 valence electrons. The highest BCUT2D eigenvalue weighted by Gasteiger charge is 2.22. The molecule has 9 heteroatoms. The molecule has 3 aromatic rings. The molecular weight excluding hydrogens is 216 g/mol. The fourth-order valence-corrected chi connectivity index (χ4v) is 1.61. The van der Waals surface area contributed by atoms with Gasteiger partial charge in [-0.2, -0.15) is 0 Å². The van der Waals surface area contributed by atoms with E-state index < -0.39 is 10.5 Å². The SMILES string of the molecule is O=c1[nH][nH]c2c([N+](=O)[O-])c3nncn3cc12. The number of rotatable bonds is 1. The van der Waals surface area contributed by atoms with E-state index in [0.717, 1.165) is 0 Å². The second-order valence-electron chi connectivity index (χ2n) is 3.16. The molecule has 2 N–H and O–H groups in total. The first-order valence-corrected chi connectivity index (χ1v) is 4.25. The highest BCUT2D eigenvalue weighted by atomic mass is 16.6. The molecule has 0 saturated heterocycles. The Labute approximate surface area is 85.9 Å². The van der Waals surface area contributed by atoms with Gasteiger partial charge in [-0.05, 0) is 0 Å². The van der Waals surface area contributed by atoms with Gasteiger partial charge in [-0.3, -0.25) is 29.5 Å². The van der Waals surface area contributed by atoms with Crippen LogP contribution in [0.15, 0.2) is 17.3 Å². The summed E-state index contributed by atoms with van der Waals surface area (Å²) in [4.78, 5) is 21.7. The van der Waals surface area contributed by atoms with Crippen molar-refractivity contribution in [3.63, 3.8) is 0 Å². The van der Waals surface area contributed by atoms with Gasteiger partial charge in [-0.15, -0.1) is 10.2 Å². The third kappa shape index (κ3) is 0.908. The van der Waals surface area contributed by atoms with E-state index in [4.69, 9.17) is 0 Å². The van der Waals surface area contributed by atoms with Crippen LogP contribution in [-0.2, 0) is 0 Å². The maximum absolute atomic E-state index is 11.4. The van der Waals surface area contributed by atoms with Crippen LogP contribution in [-0.4, -0.2) is 29.7 Å². The van der Waals surface area contributed by atoms with Crippen LogP contribution in [0.25, 0.3) is 16.6 Å². The third-order valence-electron chi connectivity index (χ3n) is 2.29. The first kappa shape index (κ1) is 8.59. The monoisotopic (exact) mass is 220 g/mol. The molecule has 0 atom stereocenters. The van der Waals surface area contributed by atoms with Crippen LogP contribution >= 0.6 is 0 Å². The summed E-state index contributed by atoms with van der Waals surface area (Å²) in [5.74, 6) is 0. The minimum Gasteiger partial charge on any atom is -0.291 e. The lowest BCUT2D eigenvalue weighted by Gasteiger charge is -1.95. The largest absolute Gasteiger partial charge is 0.339 e. The molecule has 0 fully saturated rings. The zero-order valence-electron chi connectivity index (χ0n) is 7.67. The summed E-state index contributed by atoms with van der Waals surface area (Å²) >= 11 is 0. The van der Waals surface area contributed by atoms with Crippen LogP contribution in [0, 0.1) is 10.1 Å². The summed E-state index contributed by atoms with van der Waals surface area (Å²) in [7, 11) is 0. The van der Waals surface area contributed by atoms with Crippen molar-refractivity contribution in [3.05, 3.63) is 33.0 Å². The van der Waals surface area contributed by atoms with E-state index in [1.807, 2.05) is 0 Å². The van der Waals surface area contributed by atoms with Crippen LogP contribution < -0.4 is 5.56 Å².